The Labute approximate surface area is 176 Å². The maximum absolute atomic E-state index is 13.2. The number of anilines is 1. The zero-order valence-electron chi connectivity index (χ0n) is 16.2. The third-order valence-corrected chi connectivity index (χ3v) is 5.13. The van der Waals surface area contributed by atoms with Gasteiger partial charge in [-0.1, -0.05) is 36.4 Å². The van der Waals surface area contributed by atoms with Gasteiger partial charge in [0.2, 0.25) is 0 Å². The second kappa shape index (κ2) is 8.26. The average molecular weight is 425 g/mol. The Morgan fingerprint density at radius 1 is 0.871 bits per heavy atom. The van der Waals surface area contributed by atoms with Crippen molar-refractivity contribution in [3.63, 3.8) is 0 Å². The summed E-state index contributed by atoms with van der Waals surface area (Å²) in [4.78, 5) is 24.6. The number of halogens is 3. The summed E-state index contributed by atoms with van der Waals surface area (Å²) in [7, 11) is 0. The van der Waals surface area contributed by atoms with Crippen LogP contribution < -0.4 is 10.1 Å². The molecule has 1 amide bonds. The Balaban J connectivity index is 1.37. The molecule has 0 heterocycles. The van der Waals surface area contributed by atoms with Crippen molar-refractivity contribution in [2.24, 2.45) is 5.92 Å². The predicted octanol–water partition coefficient (Wildman–Crippen LogP) is 5.67. The van der Waals surface area contributed by atoms with Crippen LogP contribution in [0.3, 0.4) is 0 Å². The molecular weight excluding hydrogens is 407 g/mol. The van der Waals surface area contributed by atoms with Crippen LogP contribution in [-0.4, -0.2) is 11.9 Å². The number of amides is 1. The molecule has 3 aromatic rings. The maximum Gasteiger partial charge on any atom is 0.416 e. The quantitative estimate of drug-likeness (QED) is 0.424. The van der Waals surface area contributed by atoms with Gasteiger partial charge in [0.25, 0.3) is 5.91 Å². The number of carbonyl (C=O) groups is 2. The fraction of sp³-hybridized carbons (Fsp3) is 0.167. The normalized spacial score (nSPS) is 17.6. The number of hydrogen-bond acceptors (Lipinski definition) is 3. The van der Waals surface area contributed by atoms with Crippen LogP contribution in [-0.2, 0) is 11.0 Å². The first-order chi connectivity index (χ1) is 14.8. The Hall–Kier alpha value is -3.61. The molecular formula is C24H18F3NO3. The second-order valence-corrected chi connectivity index (χ2v) is 7.30. The minimum absolute atomic E-state index is 0.121. The summed E-state index contributed by atoms with van der Waals surface area (Å²) in [5.41, 5.74) is 0.443. The molecule has 2 unspecified atom stereocenters. The first-order valence-electron chi connectivity index (χ1n) is 9.67. The van der Waals surface area contributed by atoms with E-state index in [-0.39, 0.29) is 17.2 Å². The van der Waals surface area contributed by atoms with Crippen LogP contribution in [0.2, 0.25) is 0 Å². The van der Waals surface area contributed by atoms with Crippen molar-refractivity contribution in [1.29, 1.82) is 0 Å². The number of ether oxygens (including phenoxy) is 1. The third-order valence-electron chi connectivity index (χ3n) is 5.13. The van der Waals surface area contributed by atoms with Gasteiger partial charge in [-0.25, -0.2) is 0 Å². The molecule has 1 aliphatic carbocycles. The molecule has 4 rings (SSSR count). The van der Waals surface area contributed by atoms with Crippen molar-refractivity contribution in [3.05, 3.63) is 95.6 Å². The molecule has 1 saturated carbocycles. The number of nitrogens with one attached hydrogen (secondary N) is 1. The van der Waals surface area contributed by atoms with Gasteiger partial charge in [-0.3, -0.25) is 9.59 Å². The lowest BCUT2D eigenvalue weighted by molar-refractivity contribution is -0.139. The van der Waals surface area contributed by atoms with Gasteiger partial charge >= 0.3 is 12.1 Å². The van der Waals surface area contributed by atoms with Crippen LogP contribution >= 0.6 is 0 Å². The van der Waals surface area contributed by atoms with E-state index in [1.165, 1.54) is 30.3 Å². The van der Waals surface area contributed by atoms with Gasteiger partial charge in [0.05, 0.1) is 11.5 Å². The zero-order valence-corrected chi connectivity index (χ0v) is 16.2. The largest absolute Gasteiger partial charge is 0.426 e. The molecule has 1 N–H and O–H groups in total. The summed E-state index contributed by atoms with van der Waals surface area (Å²) in [6.45, 7) is 0. The van der Waals surface area contributed by atoms with Crippen LogP contribution in [0.15, 0.2) is 78.9 Å². The number of benzene rings is 3. The average Bonchev–Trinajstić information content (AvgIpc) is 3.56. The molecule has 31 heavy (non-hydrogen) atoms. The second-order valence-electron chi connectivity index (χ2n) is 7.30. The molecule has 158 valence electrons. The van der Waals surface area contributed by atoms with Crippen molar-refractivity contribution < 1.29 is 27.5 Å². The summed E-state index contributed by atoms with van der Waals surface area (Å²) >= 11 is 0. The highest BCUT2D eigenvalue weighted by atomic mass is 19.4. The van der Waals surface area contributed by atoms with Gasteiger partial charge in [-0.2, -0.15) is 13.2 Å². The van der Waals surface area contributed by atoms with E-state index in [0.29, 0.717) is 17.7 Å². The topological polar surface area (TPSA) is 55.4 Å². The van der Waals surface area contributed by atoms with E-state index < -0.39 is 29.5 Å². The summed E-state index contributed by atoms with van der Waals surface area (Å²) < 4.78 is 44.9. The van der Waals surface area contributed by atoms with E-state index >= 15 is 0 Å². The van der Waals surface area contributed by atoms with Crippen LogP contribution in [0.1, 0.15) is 33.8 Å². The van der Waals surface area contributed by atoms with E-state index in [0.717, 1.165) is 6.07 Å². The molecule has 1 aliphatic rings. The lowest BCUT2D eigenvalue weighted by atomic mass is 10.0. The predicted molar refractivity (Wildman–Crippen MR) is 109 cm³/mol. The summed E-state index contributed by atoms with van der Waals surface area (Å²) in [5.74, 6) is -1.69. The zero-order chi connectivity index (χ0) is 22.0. The van der Waals surface area contributed by atoms with E-state index in [2.05, 4.69) is 5.32 Å². The Morgan fingerprint density at radius 3 is 2.19 bits per heavy atom. The van der Waals surface area contributed by atoms with E-state index in [9.17, 15) is 22.8 Å². The van der Waals surface area contributed by atoms with Gasteiger partial charge in [-0.15, -0.1) is 0 Å². The van der Waals surface area contributed by atoms with Gasteiger partial charge in [0.1, 0.15) is 5.75 Å². The standard InChI is InChI=1S/C24H18F3NO3/c25-24(26,27)21-9-5-4-8-18(21)19-14-20(19)23(30)31-17-12-10-16(11-13-17)28-22(29)15-6-2-1-3-7-15/h1-13,19-20H,14H2,(H,28,29). The van der Waals surface area contributed by atoms with Crippen LogP contribution in [0.5, 0.6) is 5.75 Å². The van der Waals surface area contributed by atoms with Gasteiger partial charge in [0.15, 0.2) is 0 Å². The van der Waals surface area contributed by atoms with E-state index in [1.54, 1.807) is 36.4 Å². The Bertz CT molecular complexity index is 1100. The first kappa shape index (κ1) is 20.7. The fourth-order valence-electron chi connectivity index (χ4n) is 3.47. The van der Waals surface area contributed by atoms with Crippen molar-refractivity contribution >= 4 is 17.6 Å². The molecule has 0 spiro atoms. The lowest BCUT2D eigenvalue weighted by Gasteiger charge is -2.12. The van der Waals surface area contributed by atoms with Crippen LogP contribution in [0.25, 0.3) is 0 Å². The Morgan fingerprint density at radius 2 is 1.52 bits per heavy atom. The minimum atomic E-state index is -4.46. The van der Waals surface area contributed by atoms with E-state index in [4.69, 9.17) is 4.74 Å². The monoisotopic (exact) mass is 425 g/mol. The van der Waals surface area contributed by atoms with Gasteiger partial charge in [-0.05, 0) is 60.4 Å². The molecule has 0 bridgehead atoms. The van der Waals surface area contributed by atoms with Crippen LogP contribution in [0, 0.1) is 5.92 Å². The lowest BCUT2D eigenvalue weighted by Crippen LogP contribution is -2.14. The van der Waals surface area contributed by atoms with Crippen molar-refractivity contribution in [2.75, 3.05) is 5.32 Å². The molecule has 2 atom stereocenters. The van der Waals surface area contributed by atoms with E-state index in [1.807, 2.05) is 6.07 Å². The highest BCUT2D eigenvalue weighted by Crippen LogP contribution is 2.51. The summed E-state index contributed by atoms with van der Waals surface area (Å²) in [5, 5.41) is 2.74. The Kier molecular flexibility index (Phi) is 5.50. The third kappa shape index (κ3) is 4.77. The molecule has 4 nitrogen and oxygen atoms in total. The maximum atomic E-state index is 13.2. The summed E-state index contributed by atoms with van der Waals surface area (Å²) in [6, 6.07) is 20.2. The fourth-order valence-corrected chi connectivity index (χ4v) is 3.47. The molecule has 1 fully saturated rings. The molecule has 0 radical (unpaired) electrons. The molecule has 3 aromatic carbocycles. The molecule has 7 heteroatoms. The molecule has 0 aliphatic heterocycles. The molecule has 0 aromatic heterocycles. The van der Waals surface area contributed by atoms with Crippen LogP contribution in [0.4, 0.5) is 18.9 Å². The van der Waals surface area contributed by atoms with Crippen molar-refractivity contribution in [2.45, 2.75) is 18.5 Å². The van der Waals surface area contributed by atoms with Crippen molar-refractivity contribution in [3.8, 4) is 5.75 Å². The molecule has 0 saturated heterocycles. The van der Waals surface area contributed by atoms with Crippen molar-refractivity contribution in [1.82, 2.24) is 0 Å². The van der Waals surface area contributed by atoms with Gasteiger partial charge < -0.3 is 10.1 Å². The number of carbonyl (C=O) groups excluding carboxylic acids is 2. The highest BCUT2D eigenvalue weighted by molar-refractivity contribution is 6.04. The number of esters is 1. The highest BCUT2D eigenvalue weighted by Gasteiger charge is 2.48. The number of hydrogen-bond donors (Lipinski definition) is 1. The minimum Gasteiger partial charge on any atom is -0.426 e. The number of rotatable bonds is 5. The smallest absolute Gasteiger partial charge is 0.416 e. The SMILES string of the molecule is O=C(Nc1ccc(OC(=O)C2CC2c2ccccc2C(F)(F)F)cc1)c1ccccc1. The number of alkyl halides is 3. The van der Waals surface area contributed by atoms with Gasteiger partial charge in [0, 0.05) is 11.3 Å². The first-order valence-corrected chi connectivity index (χ1v) is 9.67. The summed E-state index contributed by atoms with van der Waals surface area (Å²) in [6.07, 6.45) is -4.15.